The molecule has 10 heavy (non-hydrogen) atoms. The number of hydrogen-bond donors (Lipinski definition) is 2. The van der Waals surface area contributed by atoms with Gasteiger partial charge in [0.2, 0.25) is 0 Å². The minimum atomic E-state index is 0.0324. The van der Waals surface area contributed by atoms with E-state index in [-0.39, 0.29) is 18.7 Å². The van der Waals surface area contributed by atoms with Crippen molar-refractivity contribution in [3.8, 4) is 12.1 Å². The summed E-state index contributed by atoms with van der Waals surface area (Å²) in [6, 6.07) is 3.42. The van der Waals surface area contributed by atoms with Gasteiger partial charge in [0.1, 0.15) is 17.7 Å². The third-order valence-corrected chi connectivity index (χ3v) is 1.07. The van der Waals surface area contributed by atoms with E-state index in [2.05, 4.69) is 0 Å². The first-order chi connectivity index (χ1) is 4.79. The van der Waals surface area contributed by atoms with Gasteiger partial charge in [0.05, 0.1) is 0 Å². The lowest BCUT2D eigenvalue weighted by Crippen LogP contribution is -2.14. The van der Waals surface area contributed by atoms with Gasteiger partial charge in [-0.25, -0.2) is 0 Å². The normalized spacial score (nSPS) is 7.60. The molecule has 0 bridgehead atoms. The number of hydrogen-bond acceptors (Lipinski definition) is 4. The van der Waals surface area contributed by atoms with Crippen molar-refractivity contribution in [3.05, 3.63) is 11.1 Å². The maximum Gasteiger partial charge on any atom is 0.131 e. The first kappa shape index (κ1) is 8.64. The van der Waals surface area contributed by atoms with Crippen LogP contribution in [-0.2, 0) is 0 Å². The number of nitrogens with two attached hydrogens (primary N) is 2. The van der Waals surface area contributed by atoms with E-state index in [0.717, 1.165) is 0 Å². The summed E-state index contributed by atoms with van der Waals surface area (Å²) in [5.74, 6) is 0. The molecule has 0 aromatic carbocycles. The average Bonchev–Trinajstić information content (AvgIpc) is 2.00. The van der Waals surface area contributed by atoms with Crippen molar-refractivity contribution in [2.45, 2.75) is 0 Å². The molecule has 0 rings (SSSR count). The Balaban J connectivity index is 4.62. The summed E-state index contributed by atoms with van der Waals surface area (Å²) in [6.07, 6.45) is 0. The predicted molar refractivity (Wildman–Crippen MR) is 36.4 cm³/mol. The van der Waals surface area contributed by atoms with Crippen LogP contribution in [0.25, 0.3) is 0 Å². The molecular formula is C6H8N4. The van der Waals surface area contributed by atoms with Crippen LogP contribution in [0.3, 0.4) is 0 Å². The molecule has 4 nitrogen and oxygen atoms in total. The van der Waals surface area contributed by atoms with Crippen LogP contribution >= 0.6 is 0 Å². The van der Waals surface area contributed by atoms with E-state index < -0.39 is 0 Å². The molecule has 0 aliphatic heterocycles. The standard InChI is InChI=1S/C6H8N4/c7-1-5(2-8)6(3-9)4-10/h1-2,7-8H2. The average molecular weight is 136 g/mol. The van der Waals surface area contributed by atoms with Crippen LogP contribution in [0.1, 0.15) is 0 Å². The van der Waals surface area contributed by atoms with Gasteiger partial charge in [-0.05, 0) is 5.57 Å². The Bertz CT molecular complexity index is 193. The molecule has 4 N–H and O–H groups in total. The van der Waals surface area contributed by atoms with E-state index in [4.69, 9.17) is 22.0 Å². The summed E-state index contributed by atoms with van der Waals surface area (Å²) in [5, 5.41) is 16.6. The molecule has 0 aliphatic rings. The Kier molecular flexibility index (Phi) is 3.90. The smallest absolute Gasteiger partial charge is 0.131 e. The van der Waals surface area contributed by atoms with Crippen LogP contribution in [-0.4, -0.2) is 13.1 Å². The van der Waals surface area contributed by atoms with Crippen molar-refractivity contribution in [1.82, 2.24) is 0 Å². The third kappa shape index (κ3) is 1.87. The number of rotatable bonds is 2. The molecule has 4 heteroatoms. The van der Waals surface area contributed by atoms with Crippen LogP contribution in [0.2, 0.25) is 0 Å². The van der Waals surface area contributed by atoms with E-state index in [1.807, 2.05) is 0 Å². The van der Waals surface area contributed by atoms with E-state index in [0.29, 0.717) is 5.57 Å². The second-order valence-electron chi connectivity index (χ2n) is 1.61. The molecule has 0 fully saturated rings. The SMILES string of the molecule is N#CC(C#N)=C(CN)CN. The van der Waals surface area contributed by atoms with Gasteiger partial charge in [0.15, 0.2) is 0 Å². The second-order valence-corrected chi connectivity index (χ2v) is 1.61. The molecular weight excluding hydrogens is 128 g/mol. The fourth-order valence-corrected chi connectivity index (χ4v) is 0.471. The van der Waals surface area contributed by atoms with Gasteiger partial charge in [0.25, 0.3) is 0 Å². The molecule has 0 unspecified atom stereocenters. The zero-order valence-corrected chi connectivity index (χ0v) is 5.46. The Morgan fingerprint density at radius 1 is 1.10 bits per heavy atom. The highest BCUT2D eigenvalue weighted by Crippen LogP contribution is 1.97. The topological polar surface area (TPSA) is 99.6 Å². The minimum Gasteiger partial charge on any atom is -0.327 e. The summed E-state index contributed by atoms with van der Waals surface area (Å²) in [7, 11) is 0. The highest BCUT2D eigenvalue weighted by atomic mass is 14.6. The van der Waals surface area contributed by atoms with Crippen molar-refractivity contribution >= 4 is 0 Å². The van der Waals surface area contributed by atoms with E-state index in [1.54, 1.807) is 12.1 Å². The first-order valence-corrected chi connectivity index (χ1v) is 2.72. The van der Waals surface area contributed by atoms with Gasteiger partial charge in [-0.3, -0.25) is 0 Å². The van der Waals surface area contributed by atoms with Crippen molar-refractivity contribution in [2.24, 2.45) is 11.5 Å². The fourth-order valence-electron chi connectivity index (χ4n) is 0.471. The van der Waals surface area contributed by atoms with E-state index >= 15 is 0 Å². The minimum absolute atomic E-state index is 0.0324. The second kappa shape index (κ2) is 4.51. The molecule has 0 heterocycles. The lowest BCUT2D eigenvalue weighted by Gasteiger charge is -1.96. The van der Waals surface area contributed by atoms with Crippen LogP contribution in [0, 0.1) is 22.7 Å². The van der Waals surface area contributed by atoms with Gasteiger partial charge in [-0.1, -0.05) is 0 Å². The third-order valence-electron chi connectivity index (χ3n) is 1.07. The van der Waals surface area contributed by atoms with Gasteiger partial charge >= 0.3 is 0 Å². The lowest BCUT2D eigenvalue weighted by molar-refractivity contribution is 1.03. The highest BCUT2D eigenvalue weighted by Gasteiger charge is 2.00. The summed E-state index contributed by atoms with van der Waals surface area (Å²) < 4.78 is 0. The van der Waals surface area contributed by atoms with Crippen LogP contribution in [0.15, 0.2) is 11.1 Å². The lowest BCUT2D eigenvalue weighted by atomic mass is 10.1. The Morgan fingerprint density at radius 2 is 1.50 bits per heavy atom. The Morgan fingerprint density at radius 3 is 1.60 bits per heavy atom. The van der Waals surface area contributed by atoms with Crippen molar-refractivity contribution in [3.63, 3.8) is 0 Å². The molecule has 0 spiro atoms. The van der Waals surface area contributed by atoms with Crippen molar-refractivity contribution < 1.29 is 0 Å². The summed E-state index contributed by atoms with van der Waals surface area (Å²) in [6.45, 7) is 0.347. The van der Waals surface area contributed by atoms with Gasteiger partial charge < -0.3 is 11.5 Å². The monoisotopic (exact) mass is 136 g/mol. The zero-order valence-electron chi connectivity index (χ0n) is 5.46. The number of nitriles is 2. The molecule has 0 aliphatic carbocycles. The Labute approximate surface area is 59.3 Å². The molecule has 0 atom stereocenters. The van der Waals surface area contributed by atoms with Gasteiger partial charge in [0, 0.05) is 13.1 Å². The number of allylic oxidation sites excluding steroid dienone is 1. The van der Waals surface area contributed by atoms with Crippen LogP contribution in [0.4, 0.5) is 0 Å². The molecule has 0 saturated carbocycles. The summed E-state index contributed by atoms with van der Waals surface area (Å²) >= 11 is 0. The summed E-state index contributed by atoms with van der Waals surface area (Å²) in [5.41, 5.74) is 10.9. The van der Waals surface area contributed by atoms with E-state index in [9.17, 15) is 0 Å². The molecule has 52 valence electrons. The molecule has 0 amide bonds. The first-order valence-electron chi connectivity index (χ1n) is 2.72. The largest absolute Gasteiger partial charge is 0.327 e. The molecule has 0 radical (unpaired) electrons. The predicted octanol–water partition coefficient (Wildman–Crippen LogP) is -0.752. The fraction of sp³-hybridized carbons (Fsp3) is 0.333. The molecule has 0 aromatic rings. The van der Waals surface area contributed by atoms with Crippen LogP contribution in [0.5, 0.6) is 0 Å². The van der Waals surface area contributed by atoms with E-state index in [1.165, 1.54) is 0 Å². The van der Waals surface area contributed by atoms with Crippen LogP contribution < -0.4 is 11.5 Å². The highest BCUT2D eigenvalue weighted by molar-refractivity contribution is 5.41. The maximum atomic E-state index is 8.32. The van der Waals surface area contributed by atoms with Gasteiger partial charge in [-0.15, -0.1) is 0 Å². The van der Waals surface area contributed by atoms with Gasteiger partial charge in [-0.2, -0.15) is 10.5 Å². The molecule has 0 aromatic heterocycles. The molecule has 0 saturated heterocycles. The Hall–Kier alpha value is -1.36. The van der Waals surface area contributed by atoms with Crippen molar-refractivity contribution in [2.75, 3.05) is 13.1 Å². The summed E-state index contributed by atoms with van der Waals surface area (Å²) in [4.78, 5) is 0. The van der Waals surface area contributed by atoms with Crippen molar-refractivity contribution in [1.29, 1.82) is 10.5 Å². The zero-order chi connectivity index (χ0) is 7.98. The number of nitrogens with zero attached hydrogens (tertiary/aromatic N) is 2. The quantitative estimate of drug-likeness (QED) is 0.487. The maximum absolute atomic E-state index is 8.32.